The molecule has 2 N–H and O–H groups in total. The van der Waals surface area contributed by atoms with E-state index in [1.807, 2.05) is 12.1 Å². The number of nitriles is 1. The zero-order valence-electron chi connectivity index (χ0n) is 15.2. The number of amides is 3. The lowest BCUT2D eigenvalue weighted by molar-refractivity contribution is -0.140. The van der Waals surface area contributed by atoms with E-state index in [2.05, 4.69) is 56.6 Å². The summed E-state index contributed by atoms with van der Waals surface area (Å²) >= 11 is 4.23. The van der Waals surface area contributed by atoms with Gasteiger partial charge in [0, 0.05) is 14.7 Å². The van der Waals surface area contributed by atoms with Crippen LogP contribution in [0.3, 0.4) is 0 Å². The van der Waals surface area contributed by atoms with Crippen LogP contribution in [0.1, 0.15) is 16.7 Å². The lowest BCUT2D eigenvalue weighted by Crippen LogP contribution is -2.35. The van der Waals surface area contributed by atoms with Gasteiger partial charge in [0.05, 0.1) is 15.2 Å². The van der Waals surface area contributed by atoms with Crippen LogP contribution in [-0.4, -0.2) is 34.5 Å². The van der Waals surface area contributed by atoms with Gasteiger partial charge in [-0.05, 0) is 69.5 Å². The van der Waals surface area contributed by atoms with E-state index in [1.54, 1.807) is 24.3 Å². The molecule has 1 aliphatic heterocycles. The molecule has 1 aliphatic rings. The Morgan fingerprint density at radius 1 is 1.27 bits per heavy atom. The van der Waals surface area contributed by atoms with Gasteiger partial charge in [-0.1, -0.05) is 18.2 Å². The van der Waals surface area contributed by atoms with Crippen LogP contribution in [0.15, 0.2) is 42.1 Å². The number of halogens is 2. The number of hydrogen-bond acceptors (Lipinski definition) is 5. The van der Waals surface area contributed by atoms with Gasteiger partial charge in [-0.15, -0.1) is 0 Å². The Balaban J connectivity index is 1.93. The van der Waals surface area contributed by atoms with E-state index in [4.69, 9.17) is 9.84 Å². The summed E-state index contributed by atoms with van der Waals surface area (Å²) in [5.74, 6) is -1.53. The lowest BCUT2D eigenvalue weighted by Gasteiger charge is -2.13. The highest BCUT2D eigenvalue weighted by molar-refractivity contribution is 14.1. The first-order chi connectivity index (χ1) is 14.3. The Labute approximate surface area is 198 Å². The molecular weight excluding hydrogens is 616 g/mol. The minimum absolute atomic E-state index is 0.0404. The average Bonchev–Trinajstić information content (AvgIpc) is 2.94. The van der Waals surface area contributed by atoms with Crippen LogP contribution in [0, 0.1) is 18.5 Å². The van der Waals surface area contributed by atoms with Crippen LogP contribution in [0.2, 0.25) is 0 Å². The molecule has 0 unspecified atom stereocenters. The molecule has 30 heavy (non-hydrogen) atoms. The molecule has 1 heterocycles. The molecule has 0 saturated carbocycles. The number of carbonyl (C=O) groups is 3. The van der Waals surface area contributed by atoms with E-state index in [9.17, 15) is 19.6 Å². The first-order valence-electron chi connectivity index (χ1n) is 8.46. The molecule has 0 bridgehead atoms. The molecule has 1 fully saturated rings. The fraction of sp³-hybridized carbons (Fsp3) is 0.100. The summed E-state index contributed by atoms with van der Waals surface area (Å²) in [6.45, 7) is -0.581. The molecule has 2 aromatic carbocycles. The number of rotatable bonds is 6. The highest BCUT2D eigenvalue weighted by Crippen LogP contribution is 2.31. The second-order valence-corrected chi connectivity index (χ2v) is 8.54. The summed E-state index contributed by atoms with van der Waals surface area (Å²) in [6, 6.07) is 12.1. The minimum Gasteiger partial charge on any atom is -0.487 e. The van der Waals surface area contributed by atoms with Crippen molar-refractivity contribution in [2.75, 3.05) is 6.54 Å². The van der Waals surface area contributed by atoms with Gasteiger partial charge in [0.2, 0.25) is 0 Å². The van der Waals surface area contributed by atoms with Crippen molar-refractivity contribution in [3.05, 3.63) is 65.9 Å². The number of carboxylic acids is 1. The van der Waals surface area contributed by atoms with Crippen molar-refractivity contribution < 1.29 is 24.2 Å². The largest absolute Gasteiger partial charge is 0.487 e. The minimum atomic E-state index is -1.29. The zero-order chi connectivity index (χ0) is 21.8. The molecule has 0 aliphatic carbocycles. The van der Waals surface area contributed by atoms with Gasteiger partial charge in [-0.25, -0.2) is 9.69 Å². The van der Waals surface area contributed by atoms with Crippen molar-refractivity contribution >= 4 is 69.2 Å². The summed E-state index contributed by atoms with van der Waals surface area (Å²) in [6.07, 6.45) is 1.46. The number of ether oxygens (including phenoxy) is 1. The van der Waals surface area contributed by atoms with Gasteiger partial charge in [0.15, 0.2) is 0 Å². The summed E-state index contributed by atoms with van der Waals surface area (Å²) in [5.41, 5.74) is 1.72. The molecule has 10 heteroatoms. The third-order valence-electron chi connectivity index (χ3n) is 4.10. The highest BCUT2D eigenvalue weighted by Gasteiger charge is 2.35. The van der Waals surface area contributed by atoms with Gasteiger partial charge < -0.3 is 15.2 Å². The third-order valence-corrected chi connectivity index (χ3v) is 5.53. The molecule has 0 radical (unpaired) electrons. The molecule has 0 spiro atoms. The number of urea groups is 1. The number of benzene rings is 2. The second-order valence-electron chi connectivity index (χ2n) is 6.14. The van der Waals surface area contributed by atoms with E-state index in [1.165, 1.54) is 6.08 Å². The Hall–Kier alpha value is -2.66. The van der Waals surface area contributed by atoms with E-state index in [-0.39, 0.29) is 12.3 Å². The molecular formula is C20H13I2N3O5. The summed E-state index contributed by atoms with van der Waals surface area (Å²) in [7, 11) is 0. The molecule has 8 nitrogen and oxygen atoms in total. The van der Waals surface area contributed by atoms with Crippen LogP contribution in [0.5, 0.6) is 5.75 Å². The van der Waals surface area contributed by atoms with Gasteiger partial charge in [-0.3, -0.25) is 9.59 Å². The number of imide groups is 1. The molecule has 2 aromatic rings. The lowest BCUT2D eigenvalue weighted by atomic mass is 10.1. The van der Waals surface area contributed by atoms with Gasteiger partial charge in [0.25, 0.3) is 5.91 Å². The summed E-state index contributed by atoms with van der Waals surface area (Å²) in [4.78, 5) is 35.9. The molecule has 3 amide bonds. The Bertz CT molecular complexity index is 1120. The third kappa shape index (κ3) is 4.90. The number of hydrogen-bond donors (Lipinski definition) is 2. The van der Waals surface area contributed by atoms with Crippen molar-refractivity contribution in [3.63, 3.8) is 0 Å². The predicted molar refractivity (Wildman–Crippen MR) is 123 cm³/mol. The van der Waals surface area contributed by atoms with Crippen LogP contribution in [-0.2, 0) is 16.2 Å². The molecule has 0 aromatic heterocycles. The van der Waals surface area contributed by atoms with E-state index in [0.29, 0.717) is 27.3 Å². The maximum absolute atomic E-state index is 12.4. The topological polar surface area (TPSA) is 120 Å². The highest BCUT2D eigenvalue weighted by atomic mass is 127. The van der Waals surface area contributed by atoms with Gasteiger partial charge >= 0.3 is 12.0 Å². The monoisotopic (exact) mass is 629 g/mol. The van der Waals surface area contributed by atoms with Gasteiger partial charge in [-0.2, -0.15) is 5.26 Å². The van der Waals surface area contributed by atoms with Gasteiger partial charge in [0.1, 0.15) is 24.6 Å². The number of nitrogens with zero attached hydrogens (tertiary/aromatic N) is 2. The molecule has 152 valence electrons. The average molecular weight is 629 g/mol. The standard InChI is InChI=1S/C20H13I2N3O5/c21-14-5-13(6-16-19(28)25(9-17(26)27)20(29)24-16)18(15(22)7-14)30-10-12-4-2-1-3-11(12)8-23/h1-7H,9-10H2,(H,24,29)(H,26,27)/b16-6+. The quantitative estimate of drug-likeness (QED) is 0.288. The predicted octanol–water partition coefficient (Wildman–Crippen LogP) is 3.32. The maximum atomic E-state index is 12.4. The Morgan fingerprint density at radius 3 is 2.70 bits per heavy atom. The summed E-state index contributed by atoms with van der Waals surface area (Å²) in [5, 5.41) is 20.5. The van der Waals surface area contributed by atoms with Crippen molar-refractivity contribution in [1.82, 2.24) is 10.2 Å². The summed E-state index contributed by atoms with van der Waals surface area (Å²) < 4.78 is 7.64. The van der Waals surface area contributed by atoms with Crippen LogP contribution in [0.4, 0.5) is 4.79 Å². The molecule has 0 atom stereocenters. The van der Waals surface area contributed by atoms with Crippen molar-refractivity contribution in [1.29, 1.82) is 5.26 Å². The SMILES string of the molecule is N#Cc1ccccc1COc1c(I)cc(I)cc1/C=C1/NC(=O)N(CC(=O)O)C1=O. The Morgan fingerprint density at radius 2 is 2.00 bits per heavy atom. The number of carboxylic acid groups (broad SMARTS) is 1. The van der Waals surface area contributed by atoms with E-state index in [0.717, 1.165) is 7.14 Å². The smallest absolute Gasteiger partial charge is 0.329 e. The maximum Gasteiger partial charge on any atom is 0.329 e. The Kier molecular flexibility index (Phi) is 6.93. The van der Waals surface area contributed by atoms with Crippen molar-refractivity contribution in [2.45, 2.75) is 6.61 Å². The van der Waals surface area contributed by atoms with Crippen molar-refractivity contribution in [2.24, 2.45) is 0 Å². The van der Waals surface area contributed by atoms with Crippen LogP contribution < -0.4 is 10.1 Å². The van der Waals surface area contributed by atoms with E-state index < -0.39 is 24.5 Å². The van der Waals surface area contributed by atoms with E-state index >= 15 is 0 Å². The zero-order valence-corrected chi connectivity index (χ0v) is 19.5. The number of carbonyl (C=O) groups excluding carboxylic acids is 2. The van der Waals surface area contributed by atoms with Crippen molar-refractivity contribution in [3.8, 4) is 11.8 Å². The second kappa shape index (κ2) is 9.43. The van der Waals surface area contributed by atoms with Crippen LogP contribution in [0.25, 0.3) is 6.08 Å². The number of nitrogens with one attached hydrogen (secondary N) is 1. The first kappa shape index (κ1) is 22.0. The molecule has 3 rings (SSSR count). The normalized spacial score (nSPS) is 14.6. The molecule has 1 saturated heterocycles. The first-order valence-corrected chi connectivity index (χ1v) is 10.6. The fourth-order valence-electron chi connectivity index (χ4n) is 2.75. The number of aliphatic carboxylic acids is 1. The van der Waals surface area contributed by atoms with Crippen LogP contribution >= 0.6 is 45.2 Å². The fourth-order valence-corrected chi connectivity index (χ4v) is 4.80.